The van der Waals surface area contributed by atoms with Gasteiger partial charge in [-0.15, -0.1) is 0 Å². The van der Waals surface area contributed by atoms with Gasteiger partial charge in [-0.2, -0.15) is 12.6 Å². The number of aliphatic carboxylic acids is 3. The Kier molecular flexibility index (Phi) is 12.0. The number of thiol groups is 1. The molecule has 164 valence electrons. The highest BCUT2D eigenvalue weighted by atomic mass is 32.1. The normalized spacial score (nSPS) is 13.4. The summed E-state index contributed by atoms with van der Waals surface area (Å²) in [5, 5.41) is 33.1. The van der Waals surface area contributed by atoms with E-state index in [4.69, 9.17) is 21.1 Å². The van der Waals surface area contributed by atoms with Gasteiger partial charge in [0.15, 0.2) is 0 Å². The quantitative estimate of drug-likeness (QED) is 0.130. The molecule has 13 nitrogen and oxygen atoms in total. The van der Waals surface area contributed by atoms with Gasteiger partial charge in [0.1, 0.15) is 18.1 Å². The van der Waals surface area contributed by atoms with Gasteiger partial charge >= 0.3 is 17.9 Å². The Morgan fingerprint density at radius 3 is 1.52 bits per heavy atom. The zero-order valence-electron chi connectivity index (χ0n) is 15.3. The Morgan fingerprint density at radius 2 is 1.17 bits per heavy atom. The lowest BCUT2D eigenvalue weighted by atomic mass is 10.1. The average molecular weight is 436 g/mol. The summed E-state index contributed by atoms with van der Waals surface area (Å²) in [6, 6.07) is -4.17. The maximum absolute atomic E-state index is 12.4. The van der Waals surface area contributed by atoms with Gasteiger partial charge in [-0.25, -0.2) is 4.79 Å². The Hall–Kier alpha value is -2.87. The molecule has 0 radical (unpaired) electrons. The van der Waals surface area contributed by atoms with Gasteiger partial charge < -0.3 is 37.0 Å². The van der Waals surface area contributed by atoms with Gasteiger partial charge in [0.25, 0.3) is 0 Å². The van der Waals surface area contributed by atoms with Crippen LogP contribution in [0.1, 0.15) is 25.7 Å². The lowest BCUT2D eigenvalue weighted by molar-refractivity contribution is -0.142. The molecule has 0 aromatic carbocycles. The molecule has 3 unspecified atom stereocenters. The maximum Gasteiger partial charge on any atom is 0.327 e. The fourth-order valence-electron chi connectivity index (χ4n) is 2.06. The van der Waals surface area contributed by atoms with Crippen LogP contribution < -0.4 is 21.7 Å². The topological polar surface area (TPSA) is 225 Å². The number of carbonyl (C=O) groups excluding carboxylic acids is 3. The van der Waals surface area contributed by atoms with Gasteiger partial charge in [0.2, 0.25) is 17.7 Å². The van der Waals surface area contributed by atoms with E-state index >= 15 is 0 Å². The highest BCUT2D eigenvalue weighted by Gasteiger charge is 2.29. The fourth-order valence-corrected chi connectivity index (χ4v) is 2.30. The van der Waals surface area contributed by atoms with Crippen LogP contribution >= 0.6 is 12.6 Å². The number of carboxylic acid groups (broad SMARTS) is 3. The molecule has 0 aliphatic carbocycles. The number of rotatable bonds is 14. The van der Waals surface area contributed by atoms with Crippen molar-refractivity contribution in [3.63, 3.8) is 0 Å². The summed E-state index contributed by atoms with van der Waals surface area (Å²) in [4.78, 5) is 68.8. The minimum Gasteiger partial charge on any atom is -0.481 e. The second-order valence-corrected chi connectivity index (χ2v) is 6.20. The van der Waals surface area contributed by atoms with Crippen LogP contribution in [-0.2, 0) is 28.8 Å². The predicted molar refractivity (Wildman–Crippen MR) is 100 cm³/mol. The molecule has 14 heteroatoms. The first kappa shape index (κ1) is 26.1. The van der Waals surface area contributed by atoms with Gasteiger partial charge in [0.05, 0.1) is 6.54 Å². The van der Waals surface area contributed by atoms with Gasteiger partial charge in [0, 0.05) is 18.6 Å². The maximum atomic E-state index is 12.4. The van der Waals surface area contributed by atoms with Crippen molar-refractivity contribution < 1.29 is 44.1 Å². The third-order valence-electron chi connectivity index (χ3n) is 3.56. The summed E-state index contributed by atoms with van der Waals surface area (Å²) < 4.78 is 0. The van der Waals surface area contributed by atoms with Crippen LogP contribution in [0.3, 0.4) is 0 Å². The molecule has 0 aliphatic rings. The van der Waals surface area contributed by atoms with E-state index in [9.17, 15) is 28.8 Å². The predicted octanol–water partition coefficient (Wildman–Crippen LogP) is -2.86. The molecule has 0 aromatic rings. The second kappa shape index (κ2) is 13.3. The Labute approximate surface area is 170 Å². The van der Waals surface area contributed by atoms with Crippen LogP contribution in [0, 0.1) is 0 Å². The molecule has 0 spiro atoms. The van der Waals surface area contributed by atoms with Crippen LogP contribution in [0.25, 0.3) is 0 Å². The molecule has 0 bridgehead atoms. The van der Waals surface area contributed by atoms with E-state index in [0.717, 1.165) is 0 Å². The summed E-state index contributed by atoms with van der Waals surface area (Å²) in [5.41, 5.74) is 5.15. The highest BCUT2D eigenvalue weighted by Crippen LogP contribution is 2.04. The summed E-state index contributed by atoms with van der Waals surface area (Å²) in [5.74, 6) is -6.80. The van der Waals surface area contributed by atoms with Crippen LogP contribution in [0.2, 0.25) is 0 Å². The average Bonchev–Trinajstić information content (AvgIpc) is 2.64. The monoisotopic (exact) mass is 436 g/mol. The molecule has 0 rings (SSSR count). The molecule has 8 N–H and O–H groups in total. The lowest BCUT2D eigenvalue weighted by Crippen LogP contribution is -2.56. The molecular formula is C15H24N4O9S. The van der Waals surface area contributed by atoms with Crippen molar-refractivity contribution in [1.82, 2.24) is 16.0 Å². The summed E-state index contributed by atoms with van der Waals surface area (Å²) in [7, 11) is 0. The zero-order chi connectivity index (χ0) is 22.6. The second-order valence-electron chi connectivity index (χ2n) is 5.83. The Balaban J connectivity index is 5.35. The van der Waals surface area contributed by atoms with E-state index in [1.165, 1.54) is 0 Å². The highest BCUT2D eigenvalue weighted by molar-refractivity contribution is 7.80. The van der Waals surface area contributed by atoms with Crippen molar-refractivity contribution in [2.75, 3.05) is 12.3 Å². The van der Waals surface area contributed by atoms with Crippen LogP contribution in [0.15, 0.2) is 0 Å². The first-order chi connectivity index (χ1) is 13.5. The molecule has 0 aromatic heterocycles. The smallest absolute Gasteiger partial charge is 0.327 e. The SMILES string of the molecule is NCC(=O)NC(CCC(=O)O)C(=O)NC(CCC(=O)O)C(=O)NC(CS)C(=O)O. The number of carbonyl (C=O) groups is 6. The van der Waals surface area contributed by atoms with Gasteiger partial charge in [-0.3, -0.25) is 24.0 Å². The van der Waals surface area contributed by atoms with E-state index in [-0.39, 0.29) is 18.6 Å². The number of nitrogens with one attached hydrogen (secondary N) is 3. The van der Waals surface area contributed by atoms with Crippen molar-refractivity contribution in [3.8, 4) is 0 Å². The summed E-state index contributed by atoms with van der Waals surface area (Å²) in [6.45, 7) is -0.470. The van der Waals surface area contributed by atoms with Crippen molar-refractivity contribution in [2.24, 2.45) is 5.73 Å². The largest absolute Gasteiger partial charge is 0.481 e. The third kappa shape index (κ3) is 10.9. The number of amides is 3. The Bertz CT molecular complexity index is 643. The zero-order valence-corrected chi connectivity index (χ0v) is 16.2. The number of hydrogen-bond donors (Lipinski definition) is 8. The fraction of sp³-hybridized carbons (Fsp3) is 0.600. The van der Waals surface area contributed by atoms with E-state index < -0.39 is 73.1 Å². The Morgan fingerprint density at radius 1 is 0.759 bits per heavy atom. The minimum absolute atomic E-state index is 0.255. The number of hydrogen-bond acceptors (Lipinski definition) is 8. The summed E-state index contributed by atoms with van der Waals surface area (Å²) in [6.07, 6.45) is -1.68. The molecule has 0 aliphatic heterocycles. The third-order valence-corrected chi connectivity index (χ3v) is 3.93. The van der Waals surface area contributed by atoms with Gasteiger partial charge in [-0.05, 0) is 12.8 Å². The standard InChI is InChI=1S/C15H24N4O9S/c16-5-10(20)17-7(1-3-11(21)22)13(25)18-8(2-4-12(23)24)14(26)19-9(6-29)15(27)28/h7-9,29H,1-6,16H2,(H,17,20)(H,18,25)(H,19,26)(H,21,22)(H,23,24)(H,27,28). The van der Waals surface area contributed by atoms with Crippen molar-refractivity contribution in [1.29, 1.82) is 0 Å². The van der Waals surface area contributed by atoms with Crippen molar-refractivity contribution in [2.45, 2.75) is 43.8 Å². The van der Waals surface area contributed by atoms with Crippen molar-refractivity contribution >= 4 is 48.3 Å². The molecule has 3 amide bonds. The lowest BCUT2D eigenvalue weighted by Gasteiger charge is -2.23. The molecule has 0 fully saturated rings. The molecule has 29 heavy (non-hydrogen) atoms. The number of nitrogens with two attached hydrogens (primary N) is 1. The van der Waals surface area contributed by atoms with E-state index in [1.807, 2.05) is 0 Å². The first-order valence-corrected chi connectivity index (χ1v) is 9.02. The molecule has 0 heterocycles. The molecule has 0 saturated heterocycles. The van der Waals surface area contributed by atoms with Crippen molar-refractivity contribution in [3.05, 3.63) is 0 Å². The molecule has 0 saturated carbocycles. The minimum atomic E-state index is -1.44. The molecular weight excluding hydrogens is 412 g/mol. The van der Waals surface area contributed by atoms with Gasteiger partial charge in [-0.1, -0.05) is 0 Å². The van der Waals surface area contributed by atoms with Crippen LogP contribution in [0.5, 0.6) is 0 Å². The van der Waals surface area contributed by atoms with E-state index in [2.05, 4.69) is 28.6 Å². The number of carboxylic acids is 3. The molecule has 3 atom stereocenters. The van der Waals surface area contributed by atoms with Crippen LogP contribution in [-0.4, -0.2) is 81.4 Å². The van der Waals surface area contributed by atoms with Crippen LogP contribution in [0.4, 0.5) is 0 Å². The summed E-state index contributed by atoms with van der Waals surface area (Å²) >= 11 is 3.79. The first-order valence-electron chi connectivity index (χ1n) is 8.39. The van der Waals surface area contributed by atoms with E-state index in [1.54, 1.807) is 0 Å². The van der Waals surface area contributed by atoms with E-state index in [0.29, 0.717) is 0 Å².